The lowest BCUT2D eigenvalue weighted by Gasteiger charge is -2.29. The highest BCUT2D eigenvalue weighted by atomic mass is 35.5. The number of hydrogen-bond acceptors (Lipinski definition) is 2. The molecule has 1 aromatic carbocycles. The summed E-state index contributed by atoms with van der Waals surface area (Å²) >= 11 is 5.93. The summed E-state index contributed by atoms with van der Waals surface area (Å²) < 4.78 is 0. The largest absolute Gasteiger partial charge is 0.507 e. The molecule has 3 nitrogen and oxygen atoms in total. The molecule has 21 heavy (non-hydrogen) atoms. The van der Waals surface area contributed by atoms with E-state index >= 15 is 0 Å². The van der Waals surface area contributed by atoms with E-state index in [2.05, 4.69) is 20.8 Å². The lowest BCUT2D eigenvalue weighted by Crippen LogP contribution is -2.32. The molecule has 1 N–H and O–H groups in total. The third-order valence-electron chi connectivity index (χ3n) is 4.43. The minimum atomic E-state index is -0.121. The molecule has 1 aliphatic rings. The van der Waals surface area contributed by atoms with Crippen molar-refractivity contribution in [3.8, 4) is 5.75 Å². The molecule has 1 saturated heterocycles. The number of carbonyl (C=O) groups excluding carboxylic acids is 1. The first kappa shape index (κ1) is 16.2. The highest BCUT2D eigenvalue weighted by molar-refractivity contribution is 6.31. The van der Waals surface area contributed by atoms with Crippen LogP contribution in [0.2, 0.25) is 5.02 Å². The Hall–Kier alpha value is -1.22. The molecular weight excluding hydrogens is 286 g/mol. The van der Waals surface area contributed by atoms with Crippen molar-refractivity contribution in [1.82, 2.24) is 4.90 Å². The van der Waals surface area contributed by atoms with Crippen LogP contribution in [0.1, 0.15) is 50.4 Å². The molecule has 2 rings (SSSR count). The van der Waals surface area contributed by atoms with Gasteiger partial charge in [-0.05, 0) is 48.8 Å². The predicted octanol–water partition coefficient (Wildman–Crippen LogP) is 4.33. The molecule has 1 fully saturated rings. The van der Waals surface area contributed by atoms with Crippen LogP contribution in [0.25, 0.3) is 0 Å². The Morgan fingerprint density at radius 2 is 2.00 bits per heavy atom. The van der Waals surface area contributed by atoms with Crippen LogP contribution in [0.15, 0.2) is 18.2 Å². The van der Waals surface area contributed by atoms with Crippen molar-refractivity contribution in [2.24, 2.45) is 11.3 Å². The van der Waals surface area contributed by atoms with Gasteiger partial charge in [0.1, 0.15) is 5.75 Å². The van der Waals surface area contributed by atoms with E-state index in [1.54, 1.807) is 12.1 Å². The molecule has 0 saturated carbocycles. The number of carbonyl (C=O) groups is 1. The van der Waals surface area contributed by atoms with Gasteiger partial charge in [0.25, 0.3) is 5.91 Å². The smallest absolute Gasteiger partial charge is 0.257 e. The van der Waals surface area contributed by atoms with Gasteiger partial charge in [-0.1, -0.05) is 32.4 Å². The van der Waals surface area contributed by atoms with Crippen molar-refractivity contribution in [2.45, 2.75) is 40.0 Å². The average molecular weight is 310 g/mol. The molecule has 0 aliphatic carbocycles. The lowest BCUT2D eigenvalue weighted by atomic mass is 9.77. The van der Waals surface area contributed by atoms with Crippen LogP contribution in [0.4, 0.5) is 0 Å². The van der Waals surface area contributed by atoms with E-state index < -0.39 is 0 Å². The first-order chi connectivity index (χ1) is 9.79. The van der Waals surface area contributed by atoms with Gasteiger partial charge in [0.15, 0.2) is 0 Å². The van der Waals surface area contributed by atoms with Crippen LogP contribution in [0.3, 0.4) is 0 Å². The second kappa shape index (κ2) is 6.27. The summed E-state index contributed by atoms with van der Waals surface area (Å²) in [5, 5.41) is 10.4. The van der Waals surface area contributed by atoms with Gasteiger partial charge in [-0.15, -0.1) is 0 Å². The van der Waals surface area contributed by atoms with Crippen LogP contribution >= 0.6 is 11.6 Å². The number of rotatable bonds is 1. The first-order valence-corrected chi connectivity index (χ1v) is 7.94. The van der Waals surface area contributed by atoms with Crippen LogP contribution in [0, 0.1) is 11.3 Å². The number of phenols is 1. The molecule has 0 bridgehead atoms. The van der Waals surface area contributed by atoms with E-state index in [0.717, 1.165) is 32.4 Å². The molecule has 116 valence electrons. The number of benzene rings is 1. The van der Waals surface area contributed by atoms with Gasteiger partial charge in [0.05, 0.1) is 5.56 Å². The van der Waals surface area contributed by atoms with E-state index in [1.165, 1.54) is 6.07 Å². The first-order valence-electron chi connectivity index (χ1n) is 7.57. The van der Waals surface area contributed by atoms with Gasteiger partial charge in [0.2, 0.25) is 0 Å². The highest BCUT2D eigenvalue weighted by Gasteiger charge is 2.29. The average Bonchev–Trinajstić information content (AvgIpc) is 2.66. The zero-order chi connectivity index (χ0) is 15.6. The Morgan fingerprint density at radius 1 is 1.29 bits per heavy atom. The van der Waals surface area contributed by atoms with E-state index in [1.807, 2.05) is 4.90 Å². The fourth-order valence-electron chi connectivity index (χ4n) is 3.02. The summed E-state index contributed by atoms with van der Waals surface area (Å²) in [5.74, 6) is 0.508. The van der Waals surface area contributed by atoms with Crippen LogP contribution < -0.4 is 0 Å². The van der Waals surface area contributed by atoms with E-state index in [0.29, 0.717) is 16.5 Å². The lowest BCUT2D eigenvalue weighted by molar-refractivity contribution is 0.0752. The van der Waals surface area contributed by atoms with Gasteiger partial charge < -0.3 is 10.0 Å². The molecule has 0 aromatic heterocycles. The Labute approximate surface area is 131 Å². The molecule has 1 aromatic rings. The second-order valence-electron chi connectivity index (χ2n) is 6.95. The fourth-order valence-corrected chi connectivity index (χ4v) is 3.19. The van der Waals surface area contributed by atoms with Gasteiger partial charge in [-0.3, -0.25) is 4.79 Å². The quantitative estimate of drug-likeness (QED) is 0.838. The summed E-state index contributed by atoms with van der Waals surface area (Å²) in [7, 11) is 0. The van der Waals surface area contributed by atoms with Crippen molar-refractivity contribution in [3.05, 3.63) is 28.8 Å². The van der Waals surface area contributed by atoms with Crippen LogP contribution in [-0.4, -0.2) is 29.0 Å². The molecule has 0 radical (unpaired) electrons. The van der Waals surface area contributed by atoms with Gasteiger partial charge in [-0.2, -0.15) is 0 Å². The maximum atomic E-state index is 12.6. The predicted molar refractivity (Wildman–Crippen MR) is 85.8 cm³/mol. The summed E-state index contributed by atoms with van der Waals surface area (Å²) in [5.41, 5.74) is 0.578. The number of aromatic hydroxyl groups is 1. The maximum Gasteiger partial charge on any atom is 0.257 e. The molecule has 1 heterocycles. The van der Waals surface area contributed by atoms with Crippen LogP contribution in [-0.2, 0) is 0 Å². The number of amides is 1. The molecule has 1 atom stereocenters. The SMILES string of the molecule is CC(C)(C)C1CCCN(C(=O)c2cc(Cl)ccc2O)CC1. The highest BCUT2D eigenvalue weighted by Crippen LogP contribution is 2.35. The number of halogens is 1. The molecule has 1 unspecified atom stereocenters. The number of likely N-dealkylation sites (tertiary alicyclic amines) is 1. The monoisotopic (exact) mass is 309 g/mol. The van der Waals surface area contributed by atoms with Gasteiger partial charge in [-0.25, -0.2) is 0 Å². The van der Waals surface area contributed by atoms with E-state index in [9.17, 15) is 9.90 Å². The molecular formula is C17H24ClNO2. The Balaban J connectivity index is 2.12. The molecule has 0 spiro atoms. The zero-order valence-electron chi connectivity index (χ0n) is 13.0. The number of phenolic OH excluding ortho intramolecular Hbond substituents is 1. The summed E-state index contributed by atoms with van der Waals surface area (Å²) in [6, 6.07) is 4.61. The maximum absolute atomic E-state index is 12.6. The molecule has 1 amide bonds. The van der Waals surface area contributed by atoms with Crippen molar-refractivity contribution in [3.63, 3.8) is 0 Å². The number of hydrogen-bond donors (Lipinski definition) is 1. The summed E-state index contributed by atoms with van der Waals surface area (Å²) in [6.45, 7) is 8.28. The summed E-state index contributed by atoms with van der Waals surface area (Å²) in [4.78, 5) is 14.4. The van der Waals surface area contributed by atoms with E-state index in [4.69, 9.17) is 11.6 Å². The van der Waals surface area contributed by atoms with Crippen molar-refractivity contribution in [1.29, 1.82) is 0 Å². The molecule has 4 heteroatoms. The minimum absolute atomic E-state index is 0.000943. The molecule has 1 aliphatic heterocycles. The minimum Gasteiger partial charge on any atom is -0.507 e. The van der Waals surface area contributed by atoms with Crippen molar-refractivity contribution in [2.75, 3.05) is 13.1 Å². The Kier molecular flexibility index (Phi) is 4.82. The van der Waals surface area contributed by atoms with Crippen molar-refractivity contribution < 1.29 is 9.90 Å². The third kappa shape index (κ3) is 3.91. The van der Waals surface area contributed by atoms with Gasteiger partial charge >= 0.3 is 0 Å². The Bertz CT molecular complexity index is 522. The summed E-state index contributed by atoms with van der Waals surface area (Å²) in [6.07, 6.45) is 3.17. The van der Waals surface area contributed by atoms with Crippen LogP contribution in [0.5, 0.6) is 5.75 Å². The Morgan fingerprint density at radius 3 is 2.67 bits per heavy atom. The normalized spacial score (nSPS) is 20.2. The standard InChI is InChI=1S/C17H24ClNO2/c1-17(2,3)12-5-4-9-19(10-8-12)16(21)14-11-13(18)6-7-15(14)20/h6-7,11-12,20H,4-5,8-10H2,1-3H3. The fraction of sp³-hybridized carbons (Fsp3) is 0.588. The van der Waals surface area contributed by atoms with Gasteiger partial charge in [0, 0.05) is 18.1 Å². The van der Waals surface area contributed by atoms with E-state index in [-0.39, 0.29) is 17.1 Å². The van der Waals surface area contributed by atoms with Crippen molar-refractivity contribution >= 4 is 17.5 Å². The zero-order valence-corrected chi connectivity index (χ0v) is 13.8. The third-order valence-corrected chi connectivity index (χ3v) is 4.66. The number of nitrogens with zero attached hydrogens (tertiary/aromatic N) is 1. The topological polar surface area (TPSA) is 40.5 Å². The second-order valence-corrected chi connectivity index (χ2v) is 7.38.